The van der Waals surface area contributed by atoms with Crippen LogP contribution in [0, 0.1) is 6.92 Å². The van der Waals surface area contributed by atoms with Gasteiger partial charge in [0.15, 0.2) is 0 Å². The molecule has 0 spiro atoms. The van der Waals surface area contributed by atoms with Gasteiger partial charge in [-0.15, -0.1) is 0 Å². The molecule has 0 fully saturated rings. The number of ether oxygens (including phenoxy) is 1. The Kier molecular flexibility index (Phi) is 7.92. The standard InChI is InChI=1S/C9H11NO2.C6H7O3P/c1-7-4-3-5-8(6-7)12-9(11)10-2;7-10(8)9-6-4-2-1-3-5-6/h3-6H,1-2H3,(H,10,11);1-5,7-8H. The van der Waals surface area contributed by atoms with E-state index in [4.69, 9.17) is 14.5 Å². The SMILES string of the molecule is CNC(=O)Oc1cccc(C)c1.OP(O)Oc1ccccc1. The van der Waals surface area contributed by atoms with Crippen LogP contribution in [0.1, 0.15) is 5.56 Å². The van der Waals surface area contributed by atoms with Gasteiger partial charge in [-0.25, -0.2) is 4.79 Å². The summed E-state index contributed by atoms with van der Waals surface area (Å²) in [6.07, 6.45) is -0.444. The molecule has 3 N–H and O–H groups in total. The average molecular weight is 323 g/mol. The van der Waals surface area contributed by atoms with Crippen molar-refractivity contribution in [2.75, 3.05) is 7.05 Å². The first-order chi connectivity index (χ1) is 10.5. The second-order valence-corrected chi connectivity index (χ2v) is 4.80. The van der Waals surface area contributed by atoms with E-state index in [-0.39, 0.29) is 0 Å². The van der Waals surface area contributed by atoms with Crippen LogP contribution < -0.4 is 14.6 Å². The Morgan fingerprint density at radius 2 is 1.68 bits per heavy atom. The molecular formula is C15H18NO5P. The van der Waals surface area contributed by atoms with E-state index in [2.05, 4.69) is 9.84 Å². The third-order valence-electron chi connectivity index (χ3n) is 2.33. The number of aryl methyl sites for hydroxylation is 1. The van der Waals surface area contributed by atoms with Crippen LogP contribution >= 0.6 is 8.60 Å². The summed E-state index contributed by atoms with van der Waals surface area (Å²) in [5.41, 5.74) is 1.07. The fourth-order valence-corrected chi connectivity index (χ4v) is 1.72. The molecule has 22 heavy (non-hydrogen) atoms. The Morgan fingerprint density at radius 1 is 1.05 bits per heavy atom. The number of para-hydroxylation sites is 1. The number of amides is 1. The van der Waals surface area contributed by atoms with Crippen LogP contribution in [0.15, 0.2) is 54.6 Å². The summed E-state index contributed by atoms with van der Waals surface area (Å²) in [5, 5.41) is 2.37. The largest absolute Gasteiger partial charge is 0.427 e. The third kappa shape index (κ3) is 7.59. The summed E-state index contributed by atoms with van der Waals surface area (Å²) < 4.78 is 9.48. The minimum absolute atomic E-state index is 0.444. The van der Waals surface area contributed by atoms with Crippen molar-refractivity contribution in [1.82, 2.24) is 5.32 Å². The summed E-state index contributed by atoms with van der Waals surface area (Å²) in [4.78, 5) is 27.6. The lowest BCUT2D eigenvalue weighted by molar-refractivity contribution is 0.203. The van der Waals surface area contributed by atoms with Crippen molar-refractivity contribution in [3.63, 3.8) is 0 Å². The van der Waals surface area contributed by atoms with Crippen LogP contribution in [0.4, 0.5) is 4.79 Å². The quantitative estimate of drug-likeness (QED) is 0.756. The summed E-state index contributed by atoms with van der Waals surface area (Å²) in [7, 11) is -0.751. The van der Waals surface area contributed by atoms with Crippen LogP contribution in [0.25, 0.3) is 0 Å². The van der Waals surface area contributed by atoms with Gasteiger partial charge in [0.05, 0.1) is 0 Å². The maximum Gasteiger partial charge on any atom is 0.412 e. The van der Waals surface area contributed by atoms with E-state index in [0.29, 0.717) is 11.5 Å². The molecule has 0 radical (unpaired) electrons. The molecular weight excluding hydrogens is 305 g/mol. The summed E-state index contributed by atoms with van der Waals surface area (Å²) in [5.74, 6) is 1.04. The monoisotopic (exact) mass is 323 g/mol. The normalized spacial score (nSPS) is 9.50. The molecule has 1 amide bonds. The first-order valence-electron chi connectivity index (χ1n) is 6.38. The molecule has 0 aliphatic heterocycles. The molecule has 0 saturated carbocycles. The van der Waals surface area contributed by atoms with Gasteiger partial charge in [-0.3, -0.25) is 0 Å². The highest BCUT2D eigenvalue weighted by Gasteiger charge is 2.00. The van der Waals surface area contributed by atoms with Crippen molar-refractivity contribution in [2.24, 2.45) is 0 Å². The van der Waals surface area contributed by atoms with Gasteiger partial charge >= 0.3 is 14.7 Å². The zero-order valence-electron chi connectivity index (χ0n) is 12.3. The number of benzene rings is 2. The fourth-order valence-electron chi connectivity index (χ4n) is 1.41. The smallest absolute Gasteiger partial charge is 0.412 e. The van der Waals surface area contributed by atoms with E-state index >= 15 is 0 Å². The Labute approximate surface area is 130 Å². The second-order valence-electron chi connectivity index (χ2n) is 4.11. The molecule has 118 valence electrons. The summed E-state index contributed by atoms with van der Waals surface area (Å²) >= 11 is 0. The molecule has 6 nitrogen and oxygen atoms in total. The number of hydrogen-bond acceptors (Lipinski definition) is 5. The van der Waals surface area contributed by atoms with Crippen molar-refractivity contribution >= 4 is 14.7 Å². The molecule has 7 heteroatoms. The topological polar surface area (TPSA) is 88.0 Å². The van der Waals surface area contributed by atoms with E-state index in [0.717, 1.165) is 5.56 Å². The fraction of sp³-hybridized carbons (Fsp3) is 0.133. The van der Waals surface area contributed by atoms with E-state index in [9.17, 15) is 4.79 Å². The van der Waals surface area contributed by atoms with Crippen LogP contribution in [-0.2, 0) is 0 Å². The van der Waals surface area contributed by atoms with Crippen LogP contribution in [0.3, 0.4) is 0 Å². The third-order valence-corrected chi connectivity index (χ3v) is 2.71. The Morgan fingerprint density at radius 3 is 2.23 bits per heavy atom. The molecule has 2 aromatic carbocycles. The molecule has 0 heterocycles. The van der Waals surface area contributed by atoms with Crippen molar-refractivity contribution < 1.29 is 23.8 Å². The van der Waals surface area contributed by atoms with E-state index in [1.165, 1.54) is 7.05 Å². The highest BCUT2D eigenvalue weighted by atomic mass is 31.2. The molecule has 0 aliphatic rings. The zero-order valence-corrected chi connectivity index (χ0v) is 13.2. The minimum atomic E-state index is -2.28. The molecule has 2 aromatic rings. The van der Waals surface area contributed by atoms with Crippen molar-refractivity contribution in [2.45, 2.75) is 6.92 Å². The lowest BCUT2D eigenvalue weighted by Crippen LogP contribution is -2.21. The number of carbonyl (C=O) groups is 1. The number of hydrogen-bond donors (Lipinski definition) is 3. The van der Waals surface area contributed by atoms with Gasteiger partial charge in [0, 0.05) is 7.05 Å². The van der Waals surface area contributed by atoms with Gasteiger partial charge in [0.25, 0.3) is 0 Å². The molecule has 0 atom stereocenters. The lowest BCUT2D eigenvalue weighted by Gasteiger charge is -2.02. The maximum absolute atomic E-state index is 10.8. The van der Waals surface area contributed by atoms with E-state index in [1.807, 2.05) is 25.1 Å². The van der Waals surface area contributed by atoms with E-state index < -0.39 is 14.7 Å². The molecule has 2 rings (SSSR count). The van der Waals surface area contributed by atoms with Crippen LogP contribution in [0.5, 0.6) is 11.5 Å². The lowest BCUT2D eigenvalue weighted by atomic mass is 10.2. The Bertz CT molecular complexity index is 577. The summed E-state index contributed by atoms with van der Waals surface area (Å²) in [6.45, 7) is 1.94. The van der Waals surface area contributed by atoms with Gasteiger partial charge in [-0.2, -0.15) is 0 Å². The summed E-state index contributed by atoms with van der Waals surface area (Å²) in [6, 6.07) is 16.0. The number of rotatable bonds is 3. The van der Waals surface area contributed by atoms with E-state index in [1.54, 1.807) is 36.4 Å². The number of carbonyl (C=O) groups excluding carboxylic acids is 1. The highest BCUT2D eigenvalue weighted by Crippen LogP contribution is 2.27. The van der Waals surface area contributed by atoms with Gasteiger partial charge in [0.2, 0.25) is 0 Å². The first-order valence-corrected chi connectivity index (χ1v) is 7.55. The van der Waals surface area contributed by atoms with Gasteiger partial charge in [0.1, 0.15) is 11.5 Å². The Hall–Kier alpha value is -2.14. The van der Waals surface area contributed by atoms with Crippen molar-refractivity contribution in [1.29, 1.82) is 0 Å². The predicted molar refractivity (Wildman–Crippen MR) is 84.7 cm³/mol. The Balaban J connectivity index is 0.000000224. The maximum atomic E-state index is 10.8. The van der Waals surface area contributed by atoms with Crippen LogP contribution in [-0.4, -0.2) is 22.9 Å². The zero-order chi connectivity index (χ0) is 16.4. The van der Waals surface area contributed by atoms with Gasteiger partial charge < -0.3 is 24.4 Å². The van der Waals surface area contributed by atoms with Crippen LogP contribution in [0.2, 0.25) is 0 Å². The molecule has 0 aromatic heterocycles. The molecule has 0 aliphatic carbocycles. The molecule has 0 unspecified atom stereocenters. The number of nitrogens with one attached hydrogen (secondary N) is 1. The average Bonchev–Trinajstić information content (AvgIpc) is 2.48. The first kappa shape index (κ1) is 17.9. The molecule has 0 bridgehead atoms. The van der Waals surface area contributed by atoms with Gasteiger partial charge in [-0.05, 0) is 36.8 Å². The minimum Gasteiger partial charge on any atom is -0.427 e. The highest BCUT2D eigenvalue weighted by molar-refractivity contribution is 7.39. The molecule has 0 saturated heterocycles. The van der Waals surface area contributed by atoms with Crippen molar-refractivity contribution in [3.8, 4) is 11.5 Å². The van der Waals surface area contributed by atoms with Crippen molar-refractivity contribution in [3.05, 3.63) is 60.2 Å². The van der Waals surface area contributed by atoms with Gasteiger partial charge in [-0.1, -0.05) is 30.3 Å². The predicted octanol–water partition coefficient (Wildman–Crippen LogP) is 2.99. The second kappa shape index (κ2) is 9.73.